The van der Waals surface area contributed by atoms with E-state index in [9.17, 15) is 14.4 Å². The number of benzene rings is 2. The van der Waals surface area contributed by atoms with Crippen LogP contribution in [0, 0.1) is 0 Å². The number of anilines is 1. The predicted octanol–water partition coefficient (Wildman–Crippen LogP) is 5.05. The Kier molecular flexibility index (Phi) is 9.74. The number of rotatable bonds is 6. The van der Waals surface area contributed by atoms with Crippen molar-refractivity contribution in [3.05, 3.63) is 48.5 Å². The molecule has 0 spiro atoms. The van der Waals surface area contributed by atoms with Gasteiger partial charge < -0.3 is 14.8 Å². The lowest BCUT2D eigenvalue weighted by atomic mass is 10.2. The summed E-state index contributed by atoms with van der Waals surface area (Å²) >= 11 is 1.51. The molecule has 2 aromatic rings. The second kappa shape index (κ2) is 12.5. The SMILES string of the molecule is CC(=O)Nc1cc(Sc2ccccc2)ccc1N=C(NC(=O)OC(C)C)NC(=O)OC(C)C. The minimum atomic E-state index is -0.800. The number of alkyl carbamates (subject to hydrolysis) is 2. The highest BCUT2D eigenvalue weighted by atomic mass is 32.2. The number of guanidine groups is 1. The number of nitrogens with one attached hydrogen (secondary N) is 3. The molecule has 3 amide bonds. The van der Waals surface area contributed by atoms with E-state index in [0.717, 1.165) is 9.79 Å². The van der Waals surface area contributed by atoms with Gasteiger partial charge in [0, 0.05) is 16.7 Å². The van der Waals surface area contributed by atoms with E-state index in [1.165, 1.54) is 18.7 Å². The Morgan fingerprint density at radius 2 is 1.42 bits per heavy atom. The van der Waals surface area contributed by atoms with Crippen LogP contribution in [0.1, 0.15) is 34.6 Å². The van der Waals surface area contributed by atoms with Gasteiger partial charge >= 0.3 is 12.2 Å². The number of amides is 3. The summed E-state index contributed by atoms with van der Waals surface area (Å²) in [6.07, 6.45) is -2.35. The Balaban J connectivity index is 2.37. The fourth-order valence-corrected chi connectivity index (χ4v) is 3.36. The second-order valence-corrected chi connectivity index (χ2v) is 8.54. The van der Waals surface area contributed by atoms with Crippen molar-refractivity contribution in [3.8, 4) is 0 Å². The summed E-state index contributed by atoms with van der Waals surface area (Å²) in [4.78, 5) is 42.2. The second-order valence-electron chi connectivity index (χ2n) is 7.39. The average molecular weight is 473 g/mol. The summed E-state index contributed by atoms with van der Waals surface area (Å²) in [5, 5.41) is 7.52. The van der Waals surface area contributed by atoms with Crippen LogP contribution >= 0.6 is 11.8 Å². The Morgan fingerprint density at radius 3 is 1.94 bits per heavy atom. The fraction of sp³-hybridized carbons (Fsp3) is 0.304. The van der Waals surface area contributed by atoms with Crippen molar-refractivity contribution in [2.75, 3.05) is 5.32 Å². The number of hydrogen-bond acceptors (Lipinski definition) is 7. The molecule has 176 valence electrons. The van der Waals surface area contributed by atoms with Gasteiger partial charge in [0.1, 0.15) is 0 Å². The normalized spacial score (nSPS) is 10.4. The first-order valence-corrected chi connectivity index (χ1v) is 11.1. The highest BCUT2D eigenvalue weighted by Crippen LogP contribution is 2.34. The molecule has 0 aliphatic heterocycles. The van der Waals surface area contributed by atoms with Crippen molar-refractivity contribution in [1.29, 1.82) is 0 Å². The monoisotopic (exact) mass is 472 g/mol. The highest BCUT2D eigenvalue weighted by Gasteiger charge is 2.16. The van der Waals surface area contributed by atoms with Crippen LogP contribution in [-0.4, -0.2) is 36.3 Å². The van der Waals surface area contributed by atoms with Gasteiger partial charge in [-0.25, -0.2) is 14.6 Å². The molecule has 0 saturated carbocycles. The lowest BCUT2D eigenvalue weighted by molar-refractivity contribution is -0.114. The molecule has 0 heterocycles. The van der Waals surface area contributed by atoms with E-state index < -0.39 is 12.2 Å². The zero-order valence-electron chi connectivity index (χ0n) is 19.2. The van der Waals surface area contributed by atoms with E-state index >= 15 is 0 Å². The topological polar surface area (TPSA) is 118 Å². The maximum Gasteiger partial charge on any atom is 0.414 e. The van der Waals surface area contributed by atoms with E-state index in [1.54, 1.807) is 39.8 Å². The van der Waals surface area contributed by atoms with Crippen LogP contribution in [-0.2, 0) is 14.3 Å². The molecule has 33 heavy (non-hydrogen) atoms. The molecule has 2 aromatic carbocycles. The summed E-state index contributed by atoms with van der Waals surface area (Å²) in [5.41, 5.74) is 0.714. The van der Waals surface area contributed by atoms with Crippen LogP contribution in [0.15, 0.2) is 63.3 Å². The Hall–Kier alpha value is -3.53. The summed E-state index contributed by atoms with van der Waals surface area (Å²) in [5.74, 6) is -0.504. The number of hydrogen-bond donors (Lipinski definition) is 3. The van der Waals surface area contributed by atoms with Gasteiger partial charge in [-0.05, 0) is 58.0 Å². The Morgan fingerprint density at radius 1 is 0.848 bits per heavy atom. The molecule has 0 bridgehead atoms. The third-order valence-corrected chi connectivity index (χ3v) is 4.61. The third kappa shape index (κ3) is 9.65. The third-order valence-electron chi connectivity index (χ3n) is 3.62. The number of ether oxygens (including phenoxy) is 2. The first-order valence-electron chi connectivity index (χ1n) is 10.3. The van der Waals surface area contributed by atoms with Gasteiger partial charge in [0.05, 0.1) is 23.6 Å². The largest absolute Gasteiger partial charge is 0.447 e. The van der Waals surface area contributed by atoms with Gasteiger partial charge in [-0.1, -0.05) is 30.0 Å². The first kappa shape index (κ1) is 25.7. The molecule has 0 unspecified atom stereocenters. The van der Waals surface area contributed by atoms with Crippen LogP contribution in [0.5, 0.6) is 0 Å². The van der Waals surface area contributed by atoms with Crippen molar-refractivity contribution >= 4 is 47.2 Å². The zero-order valence-corrected chi connectivity index (χ0v) is 20.0. The molecule has 0 atom stereocenters. The summed E-state index contributed by atoms with van der Waals surface area (Å²) in [6, 6.07) is 15.0. The van der Waals surface area contributed by atoms with E-state index in [1.807, 2.05) is 36.4 Å². The number of aliphatic imine (C=N–C) groups is 1. The maximum absolute atomic E-state index is 12.1. The quantitative estimate of drug-likeness (QED) is 0.400. The average Bonchev–Trinajstić information content (AvgIpc) is 2.69. The molecule has 0 radical (unpaired) electrons. The molecule has 2 rings (SSSR count). The van der Waals surface area contributed by atoms with E-state index in [-0.39, 0.29) is 24.1 Å². The number of nitrogens with zero attached hydrogens (tertiary/aromatic N) is 1. The fourth-order valence-electron chi connectivity index (χ4n) is 2.48. The lowest BCUT2D eigenvalue weighted by Crippen LogP contribution is -2.45. The number of carbonyl (C=O) groups is 3. The van der Waals surface area contributed by atoms with E-state index in [4.69, 9.17) is 9.47 Å². The Bertz CT molecular complexity index is 983. The van der Waals surface area contributed by atoms with Gasteiger partial charge in [-0.2, -0.15) is 0 Å². The minimum absolute atomic E-state index is 0.207. The van der Waals surface area contributed by atoms with Crippen molar-refractivity contribution < 1.29 is 23.9 Å². The molecular weight excluding hydrogens is 444 g/mol. The van der Waals surface area contributed by atoms with Gasteiger partial charge in [-0.3, -0.25) is 15.4 Å². The van der Waals surface area contributed by atoms with Crippen LogP contribution in [0.3, 0.4) is 0 Å². The predicted molar refractivity (Wildman–Crippen MR) is 128 cm³/mol. The molecule has 9 nitrogen and oxygen atoms in total. The first-order chi connectivity index (χ1) is 15.6. The Labute approximate surface area is 197 Å². The molecule has 0 aromatic heterocycles. The molecule has 0 fully saturated rings. The molecule has 10 heteroatoms. The summed E-state index contributed by atoms with van der Waals surface area (Å²) < 4.78 is 10.1. The number of carbonyl (C=O) groups excluding carboxylic acids is 3. The smallest absolute Gasteiger partial charge is 0.414 e. The molecule has 0 aliphatic carbocycles. The van der Waals surface area contributed by atoms with Gasteiger partial charge in [0.2, 0.25) is 11.9 Å². The van der Waals surface area contributed by atoms with Crippen LogP contribution in [0.2, 0.25) is 0 Å². The summed E-state index contributed by atoms with van der Waals surface area (Å²) in [6.45, 7) is 8.13. The van der Waals surface area contributed by atoms with E-state index in [0.29, 0.717) is 11.4 Å². The molecule has 0 aliphatic rings. The van der Waals surface area contributed by atoms with Gasteiger partial charge in [0.25, 0.3) is 0 Å². The van der Waals surface area contributed by atoms with Crippen molar-refractivity contribution in [2.24, 2.45) is 4.99 Å². The van der Waals surface area contributed by atoms with Crippen molar-refractivity contribution in [1.82, 2.24) is 10.6 Å². The zero-order chi connectivity index (χ0) is 24.4. The van der Waals surface area contributed by atoms with Crippen LogP contribution in [0.25, 0.3) is 0 Å². The maximum atomic E-state index is 12.1. The standard InChI is InChI=1S/C23H28N4O5S/c1-14(2)31-22(29)26-21(27-23(30)32-15(3)4)25-19-12-11-18(13-20(19)24-16(5)28)33-17-9-7-6-8-10-17/h6-15H,1-5H3,(H,24,28)(H2,25,26,27,29,30). The van der Waals surface area contributed by atoms with E-state index in [2.05, 4.69) is 20.9 Å². The molecule has 3 N–H and O–H groups in total. The van der Waals surface area contributed by atoms with Gasteiger partial charge in [-0.15, -0.1) is 0 Å². The van der Waals surface area contributed by atoms with Gasteiger partial charge in [0.15, 0.2) is 0 Å². The highest BCUT2D eigenvalue weighted by molar-refractivity contribution is 7.99. The molecule has 0 saturated heterocycles. The van der Waals surface area contributed by atoms with Crippen LogP contribution < -0.4 is 16.0 Å². The minimum Gasteiger partial charge on any atom is -0.447 e. The lowest BCUT2D eigenvalue weighted by Gasteiger charge is -2.15. The molecular formula is C23H28N4O5S. The van der Waals surface area contributed by atoms with Crippen LogP contribution in [0.4, 0.5) is 21.0 Å². The summed E-state index contributed by atoms with van der Waals surface area (Å²) in [7, 11) is 0. The van der Waals surface area contributed by atoms with Crippen molar-refractivity contribution in [2.45, 2.75) is 56.6 Å². The van der Waals surface area contributed by atoms with Crippen molar-refractivity contribution in [3.63, 3.8) is 0 Å².